The Morgan fingerprint density at radius 2 is 1.97 bits per heavy atom. The van der Waals surface area contributed by atoms with E-state index in [1.165, 1.54) is 24.5 Å². The summed E-state index contributed by atoms with van der Waals surface area (Å²) < 4.78 is 30.2. The highest BCUT2D eigenvalue weighted by Gasteiger charge is 2.11. The maximum Gasteiger partial charge on any atom is 0.312 e. The SMILES string of the molecule is N=C/C(=C\NC(F)F)c1ccncc1/C=C/C(=O)Nc1ccc(CN2CCOCC2)cc1. The van der Waals surface area contributed by atoms with Crippen molar-refractivity contribution < 1.29 is 18.3 Å². The van der Waals surface area contributed by atoms with Crippen LogP contribution in [-0.2, 0) is 16.1 Å². The Bertz CT molecular complexity index is 971. The van der Waals surface area contributed by atoms with Crippen molar-refractivity contribution in [1.82, 2.24) is 15.2 Å². The normalized spacial score (nSPS) is 15.2. The number of nitrogens with one attached hydrogen (secondary N) is 3. The van der Waals surface area contributed by atoms with Gasteiger partial charge in [0.25, 0.3) is 0 Å². The molecule has 0 radical (unpaired) electrons. The molecule has 7 nitrogen and oxygen atoms in total. The Morgan fingerprint density at radius 1 is 1.22 bits per heavy atom. The van der Waals surface area contributed by atoms with Gasteiger partial charge in [0, 0.05) is 67.3 Å². The molecule has 0 saturated carbocycles. The molecule has 1 saturated heterocycles. The highest BCUT2D eigenvalue weighted by Crippen LogP contribution is 2.18. The van der Waals surface area contributed by atoms with Crippen LogP contribution in [0.4, 0.5) is 14.5 Å². The van der Waals surface area contributed by atoms with Crippen LogP contribution >= 0.6 is 0 Å². The fourth-order valence-corrected chi connectivity index (χ4v) is 3.21. The Balaban J connectivity index is 1.62. The molecule has 9 heteroatoms. The van der Waals surface area contributed by atoms with E-state index in [9.17, 15) is 13.6 Å². The van der Waals surface area contributed by atoms with Crippen LogP contribution in [0, 0.1) is 5.41 Å². The van der Waals surface area contributed by atoms with Gasteiger partial charge in [-0.25, -0.2) is 0 Å². The number of morpholine rings is 1. The first-order valence-corrected chi connectivity index (χ1v) is 10.1. The minimum absolute atomic E-state index is 0.239. The zero-order chi connectivity index (χ0) is 22.8. The first kappa shape index (κ1) is 23.2. The standard InChI is InChI=1S/C23H25F2N5O2/c24-23(25)28-15-19(13-26)21-7-8-27-14-18(21)3-6-22(31)29-20-4-1-17(2-5-20)16-30-9-11-32-12-10-30/h1-8,13-15,23,26,28H,9-12,16H2,(H,29,31)/b6-3+,19-15+,26-13?. The molecule has 1 aromatic heterocycles. The number of nitrogens with zero attached hydrogens (tertiary/aromatic N) is 2. The minimum atomic E-state index is -2.74. The van der Waals surface area contributed by atoms with E-state index in [1.807, 2.05) is 29.6 Å². The zero-order valence-corrected chi connectivity index (χ0v) is 17.4. The lowest BCUT2D eigenvalue weighted by atomic mass is 10.0. The second kappa shape index (κ2) is 11.8. The van der Waals surface area contributed by atoms with E-state index in [-0.39, 0.29) is 11.5 Å². The maximum absolute atomic E-state index is 12.4. The number of allylic oxidation sites excluding steroid dienone is 1. The summed E-state index contributed by atoms with van der Waals surface area (Å²) >= 11 is 0. The van der Waals surface area contributed by atoms with Gasteiger partial charge >= 0.3 is 6.55 Å². The van der Waals surface area contributed by atoms with E-state index < -0.39 is 6.55 Å². The highest BCUT2D eigenvalue weighted by molar-refractivity contribution is 6.10. The lowest BCUT2D eigenvalue weighted by Crippen LogP contribution is -2.35. The molecule has 2 aromatic rings. The van der Waals surface area contributed by atoms with Crippen LogP contribution < -0.4 is 10.6 Å². The van der Waals surface area contributed by atoms with Crippen LogP contribution in [0.15, 0.2) is 55.0 Å². The van der Waals surface area contributed by atoms with Crippen LogP contribution in [-0.4, -0.2) is 54.9 Å². The number of hydrogen-bond donors (Lipinski definition) is 3. The average Bonchev–Trinajstić information content (AvgIpc) is 2.80. The number of anilines is 1. The molecular weight excluding hydrogens is 416 g/mol. The third kappa shape index (κ3) is 7.07. The quantitative estimate of drug-likeness (QED) is 0.315. The van der Waals surface area contributed by atoms with E-state index in [0.717, 1.165) is 50.8 Å². The van der Waals surface area contributed by atoms with Gasteiger partial charge in [-0.3, -0.25) is 14.7 Å². The van der Waals surface area contributed by atoms with Gasteiger partial charge in [0.1, 0.15) is 0 Å². The third-order valence-electron chi connectivity index (χ3n) is 4.83. The Labute approximate surface area is 185 Å². The molecule has 3 N–H and O–H groups in total. The van der Waals surface area contributed by atoms with Crippen molar-refractivity contribution in [2.45, 2.75) is 13.1 Å². The lowest BCUT2D eigenvalue weighted by Gasteiger charge is -2.26. The van der Waals surface area contributed by atoms with Gasteiger partial charge in [0.15, 0.2) is 0 Å². The van der Waals surface area contributed by atoms with Gasteiger partial charge in [-0.2, -0.15) is 8.78 Å². The number of halogens is 2. The highest BCUT2D eigenvalue weighted by atomic mass is 19.3. The van der Waals surface area contributed by atoms with E-state index in [4.69, 9.17) is 10.1 Å². The van der Waals surface area contributed by atoms with Gasteiger partial charge in [-0.1, -0.05) is 12.1 Å². The molecule has 3 rings (SSSR count). The van der Waals surface area contributed by atoms with Gasteiger partial charge in [0.05, 0.1) is 13.2 Å². The van der Waals surface area contributed by atoms with Crippen molar-refractivity contribution in [3.05, 3.63) is 71.7 Å². The molecule has 0 aliphatic carbocycles. The van der Waals surface area contributed by atoms with Crippen molar-refractivity contribution in [3.63, 3.8) is 0 Å². The molecule has 0 unspecified atom stereocenters. The van der Waals surface area contributed by atoms with E-state index in [1.54, 1.807) is 6.07 Å². The van der Waals surface area contributed by atoms with Crippen LogP contribution in [0.1, 0.15) is 16.7 Å². The van der Waals surface area contributed by atoms with Crippen molar-refractivity contribution in [2.24, 2.45) is 0 Å². The zero-order valence-electron chi connectivity index (χ0n) is 17.4. The van der Waals surface area contributed by atoms with E-state index in [0.29, 0.717) is 16.8 Å². The van der Waals surface area contributed by atoms with Gasteiger partial charge in [-0.05, 0) is 35.4 Å². The summed E-state index contributed by atoms with van der Waals surface area (Å²) in [5, 5.41) is 12.2. The number of aromatic nitrogens is 1. The second-order valence-electron chi connectivity index (χ2n) is 7.08. The molecule has 0 spiro atoms. The molecule has 2 heterocycles. The smallest absolute Gasteiger partial charge is 0.312 e. The number of ether oxygens (including phenoxy) is 1. The summed E-state index contributed by atoms with van der Waals surface area (Å²) in [6.07, 6.45) is 7.88. The predicted molar refractivity (Wildman–Crippen MR) is 120 cm³/mol. The first-order chi connectivity index (χ1) is 15.5. The number of rotatable bonds is 9. The fourth-order valence-electron chi connectivity index (χ4n) is 3.21. The second-order valence-corrected chi connectivity index (χ2v) is 7.08. The summed E-state index contributed by atoms with van der Waals surface area (Å²) in [7, 11) is 0. The van der Waals surface area contributed by atoms with Crippen molar-refractivity contribution >= 4 is 29.5 Å². The molecule has 1 aliphatic heterocycles. The predicted octanol–water partition coefficient (Wildman–Crippen LogP) is 3.37. The lowest BCUT2D eigenvalue weighted by molar-refractivity contribution is -0.111. The number of amides is 1. The molecule has 1 amide bonds. The van der Waals surface area contributed by atoms with Gasteiger partial charge in [0.2, 0.25) is 5.91 Å². The van der Waals surface area contributed by atoms with E-state index >= 15 is 0 Å². The number of pyridine rings is 1. The monoisotopic (exact) mass is 441 g/mol. The number of carbonyl (C=O) groups excluding carboxylic acids is 1. The van der Waals surface area contributed by atoms with E-state index in [2.05, 4.69) is 15.2 Å². The Hall–Kier alpha value is -3.43. The van der Waals surface area contributed by atoms with Gasteiger partial charge in [-0.15, -0.1) is 0 Å². The summed E-state index contributed by atoms with van der Waals surface area (Å²) in [6, 6.07) is 9.25. The number of hydrogen-bond acceptors (Lipinski definition) is 6. The third-order valence-corrected chi connectivity index (χ3v) is 4.83. The summed E-state index contributed by atoms with van der Waals surface area (Å²) in [4.78, 5) is 18.7. The molecule has 168 valence electrons. The average molecular weight is 441 g/mol. The largest absolute Gasteiger partial charge is 0.379 e. The maximum atomic E-state index is 12.4. The van der Waals surface area contributed by atoms with Gasteiger partial charge < -0.3 is 20.8 Å². The Morgan fingerprint density at radius 3 is 2.66 bits per heavy atom. The number of benzene rings is 1. The molecule has 0 atom stereocenters. The summed E-state index contributed by atoms with van der Waals surface area (Å²) in [5.74, 6) is -0.341. The summed E-state index contributed by atoms with van der Waals surface area (Å²) in [5.41, 5.74) is 3.08. The first-order valence-electron chi connectivity index (χ1n) is 10.1. The van der Waals surface area contributed by atoms with Crippen LogP contribution in [0.25, 0.3) is 11.6 Å². The fraction of sp³-hybridized carbons (Fsp3) is 0.261. The molecule has 0 bridgehead atoms. The number of alkyl halides is 2. The molecule has 32 heavy (non-hydrogen) atoms. The van der Waals surface area contributed by atoms with Crippen LogP contribution in [0.2, 0.25) is 0 Å². The summed E-state index contributed by atoms with van der Waals surface area (Å²) in [6.45, 7) is 1.42. The topological polar surface area (TPSA) is 90.3 Å². The van der Waals surface area contributed by atoms with Crippen LogP contribution in [0.3, 0.4) is 0 Å². The molecular formula is C23H25F2N5O2. The Kier molecular flexibility index (Phi) is 8.59. The molecule has 1 aliphatic rings. The van der Waals surface area contributed by atoms with Crippen molar-refractivity contribution in [3.8, 4) is 0 Å². The van der Waals surface area contributed by atoms with Crippen LogP contribution in [0.5, 0.6) is 0 Å². The molecule has 1 fully saturated rings. The number of carbonyl (C=O) groups is 1. The van der Waals surface area contributed by atoms with Crippen molar-refractivity contribution in [1.29, 1.82) is 5.41 Å². The van der Waals surface area contributed by atoms with Crippen molar-refractivity contribution in [2.75, 3.05) is 31.6 Å². The minimum Gasteiger partial charge on any atom is -0.379 e. The molecule has 1 aromatic carbocycles.